The van der Waals surface area contributed by atoms with Gasteiger partial charge in [0.25, 0.3) is 0 Å². The molecule has 0 heterocycles. The third-order valence-electron chi connectivity index (χ3n) is 6.83. The lowest BCUT2D eigenvalue weighted by molar-refractivity contribution is 1.71. The molecule has 0 amide bonds. The van der Waals surface area contributed by atoms with Gasteiger partial charge in [-0.05, 0) is 71.1 Å². The summed E-state index contributed by atoms with van der Waals surface area (Å²) in [6, 6.07) is 44.3. The lowest BCUT2D eigenvalue weighted by Gasteiger charge is -2.17. The molecule has 32 heavy (non-hydrogen) atoms. The molecule has 0 aliphatic carbocycles. The molecule has 0 radical (unpaired) electrons. The molecule has 7 rings (SSSR count). The molecule has 0 aromatic heterocycles. The maximum atomic E-state index is 2.42. The van der Waals surface area contributed by atoms with E-state index in [-0.39, 0.29) is 0 Å². The number of benzene rings is 7. The van der Waals surface area contributed by atoms with E-state index >= 15 is 0 Å². The number of rotatable bonds is 1. The third kappa shape index (κ3) is 2.38. The summed E-state index contributed by atoms with van der Waals surface area (Å²) in [5.41, 5.74) is 2.59. The summed E-state index contributed by atoms with van der Waals surface area (Å²) in [5, 5.41) is 13.1. The average Bonchev–Trinajstić information content (AvgIpc) is 2.88. The van der Waals surface area contributed by atoms with Crippen LogP contribution in [0.15, 0.2) is 121 Å². The van der Waals surface area contributed by atoms with E-state index in [0.29, 0.717) is 0 Å². The van der Waals surface area contributed by atoms with E-state index in [0.717, 1.165) is 0 Å². The predicted molar refractivity (Wildman–Crippen MR) is 139 cm³/mol. The molecule has 0 nitrogen and oxygen atoms in total. The van der Waals surface area contributed by atoms with Crippen LogP contribution in [0.4, 0.5) is 0 Å². The molecule has 0 atom stereocenters. The fourth-order valence-corrected chi connectivity index (χ4v) is 5.45. The fourth-order valence-electron chi connectivity index (χ4n) is 5.45. The number of fused-ring (bicyclic) bond motifs is 9. The van der Waals surface area contributed by atoms with Gasteiger partial charge in [0.2, 0.25) is 0 Å². The summed E-state index contributed by atoms with van der Waals surface area (Å²) in [4.78, 5) is 0. The molecule has 0 bridgehead atoms. The first-order chi connectivity index (χ1) is 15.9. The normalized spacial score (nSPS) is 11.8. The molecule has 0 N–H and O–H groups in total. The van der Waals surface area contributed by atoms with Crippen LogP contribution in [0, 0.1) is 0 Å². The molecule has 0 saturated heterocycles. The Hall–Kier alpha value is -4.16. The second kappa shape index (κ2) is 6.67. The van der Waals surface area contributed by atoms with Crippen LogP contribution in [-0.2, 0) is 0 Å². The summed E-state index contributed by atoms with van der Waals surface area (Å²) in [7, 11) is 0. The number of hydrogen-bond donors (Lipinski definition) is 0. The summed E-state index contributed by atoms with van der Waals surface area (Å²) in [6.07, 6.45) is 0. The van der Waals surface area contributed by atoms with Crippen LogP contribution in [0.25, 0.3) is 65.0 Å². The zero-order chi connectivity index (χ0) is 21.1. The Bertz CT molecular complexity index is 1820. The van der Waals surface area contributed by atoms with E-state index in [1.54, 1.807) is 0 Å². The van der Waals surface area contributed by atoms with E-state index < -0.39 is 0 Å². The van der Waals surface area contributed by atoms with Gasteiger partial charge in [0.05, 0.1) is 0 Å². The fraction of sp³-hybridized carbons (Fsp3) is 0. The maximum Gasteiger partial charge on any atom is -0.00199 e. The Morgan fingerprint density at radius 3 is 1.47 bits per heavy atom. The van der Waals surface area contributed by atoms with Crippen molar-refractivity contribution in [1.29, 1.82) is 0 Å². The Morgan fingerprint density at radius 2 is 0.750 bits per heavy atom. The van der Waals surface area contributed by atoms with Gasteiger partial charge in [-0.3, -0.25) is 0 Å². The minimum atomic E-state index is 1.28. The van der Waals surface area contributed by atoms with E-state index in [2.05, 4.69) is 121 Å². The highest BCUT2D eigenvalue weighted by Gasteiger charge is 2.15. The first-order valence-corrected chi connectivity index (χ1v) is 11.1. The van der Waals surface area contributed by atoms with Gasteiger partial charge in [-0.15, -0.1) is 0 Å². The van der Waals surface area contributed by atoms with Crippen molar-refractivity contribution in [2.75, 3.05) is 0 Å². The summed E-state index contributed by atoms with van der Waals surface area (Å²) >= 11 is 0. The van der Waals surface area contributed by atoms with E-state index in [4.69, 9.17) is 0 Å². The molecule has 0 saturated carbocycles. The zero-order valence-corrected chi connectivity index (χ0v) is 17.5. The van der Waals surface area contributed by atoms with Crippen LogP contribution in [0.2, 0.25) is 0 Å². The van der Waals surface area contributed by atoms with Crippen molar-refractivity contribution < 1.29 is 0 Å². The van der Waals surface area contributed by atoms with Crippen molar-refractivity contribution >= 4 is 53.9 Å². The van der Waals surface area contributed by atoms with Gasteiger partial charge in [-0.2, -0.15) is 0 Å². The second-order valence-corrected chi connectivity index (χ2v) is 8.51. The summed E-state index contributed by atoms with van der Waals surface area (Å²) in [5.74, 6) is 0. The molecular weight excluding hydrogens is 384 g/mol. The Kier molecular flexibility index (Phi) is 3.65. The van der Waals surface area contributed by atoms with Crippen LogP contribution >= 0.6 is 0 Å². The highest BCUT2D eigenvalue weighted by atomic mass is 14.2. The molecule has 0 heteroatoms. The van der Waals surface area contributed by atoms with Gasteiger partial charge in [0.1, 0.15) is 0 Å². The average molecular weight is 405 g/mol. The van der Waals surface area contributed by atoms with Crippen LogP contribution < -0.4 is 0 Å². The van der Waals surface area contributed by atoms with Crippen LogP contribution in [0.1, 0.15) is 0 Å². The smallest absolute Gasteiger partial charge is 0.00199 e. The van der Waals surface area contributed by atoms with Crippen molar-refractivity contribution in [2.45, 2.75) is 0 Å². The topological polar surface area (TPSA) is 0 Å². The van der Waals surface area contributed by atoms with Gasteiger partial charge in [-0.25, -0.2) is 0 Å². The third-order valence-corrected chi connectivity index (χ3v) is 6.83. The largest absolute Gasteiger partial charge is 0.0616 e. The highest BCUT2D eigenvalue weighted by molar-refractivity contribution is 6.33. The van der Waals surface area contributed by atoms with Gasteiger partial charge >= 0.3 is 0 Å². The Balaban J connectivity index is 1.77. The number of hydrogen-bond acceptors (Lipinski definition) is 0. The molecule has 148 valence electrons. The first kappa shape index (κ1) is 17.5. The minimum absolute atomic E-state index is 1.28. The summed E-state index contributed by atoms with van der Waals surface area (Å²) in [6.45, 7) is 0. The quantitative estimate of drug-likeness (QED) is 0.239. The SMILES string of the molecule is c1ccc2c(-c3cc4c5ccccc5c5ccccc5c4c4ccccc34)cccc2c1. The van der Waals surface area contributed by atoms with E-state index in [1.165, 1.54) is 65.0 Å². The minimum Gasteiger partial charge on any atom is -0.0616 e. The molecule has 7 aromatic carbocycles. The summed E-state index contributed by atoms with van der Waals surface area (Å²) < 4.78 is 0. The Morgan fingerprint density at radius 1 is 0.281 bits per heavy atom. The van der Waals surface area contributed by atoms with E-state index in [1.807, 2.05) is 0 Å². The molecule has 0 aliphatic rings. The van der Waals surface area contributed by atoms with Crippen molar-refractivity contribution in [3.8, 4) is 11.1 Å². The van der Waals surface area contributed by atoms with Gasteiger partial charge in [0.15, 0.2) is 0 Å². The molecule has 0 aliphatic heterocycles. The lowest BCUT2D eigenvalue weighted by atomic mass is 9.86. The molecule has 7 aromatic rings. The monoisotopic (exact) mass is 404 g/mol. The Labute approximate surface area is 186 Å². The van der Waals surface area contributed by atoms with Crippen molar-refractivity contribution in [3.63, 3.8) is 0 Å². The molecule has 0 spiro atoms. The van der Waals surface area contributed by atoms with Crippen molar-refractivity contribution in [2.24, 2.45) is 0 Å². The molecule has 0 unspecified atom stereocenters. The zero-order valence-electron chi connectivity index (χ0n) is 17.5. The molecule has 0 fully saturated rings. The highest BCUT2D eigenvalue weighted by Crippen LogP contribution is 2.43. The standard InChI is InChI=1S/C32H20/c1-2-12-22-21(10-1)11-9-19-23(22)30-20-31-26-15-4-3-13-24(26)25-14-5-7-17-28(25)32(31)29-18-8-6-16-27(29)30/h1-20H. The first-order valence-electron chi connectivity index (χ1n) is 11.1. The van der Waals surface area contributed by atoms with Crippen LogP contribution in [-0.4, -0.2) is 0 Å². The van der Waals surface area contributed by atoms with Gasteiger partial charge in [0, 0.05) is 0 Å². The van der Waals surface area contributed by atoms with Crippen LogP contribution in [0.5, 0.6) is 0 Å². The van der Waals surface area contributed by atoms with E-state index in [9.17, 15) is 0 Å². The predicted octanol–water partition coefficient (Wildman–Crippen LogP) is 9.12. The van der Waals surface area contributed by atoms with Crippen molar-refractivity contribution in [3.05, 3.63) is 121 Å². The van der Waals surface area contributed by atoms with Crippen molar-refractivity contribution in [1.82, 2.24) is 0 Å². The second-order valence-electron chi connectivity index (χ2n) is 8.51. The van der Waals surface area contributed by atoms with Crippen LogP contribution in [0.3, 0.4) is 0 Å². The van der Waals surface area contributed by atoms with Gasteiger partial charge < -0.3 is 0 Å². The molecular formula is C32H20. The lowest BCUT2D eigenvalue weighted by Crippen LogP contribution is -1.89. The van der Waals surface area contributed by atoms with Gasteiger partial charge in [-0.1, -0.05) is 115 Å². The maximum absolute atomic E-state index is 2.42.